The van der Waals surface area contributed by atoms with Crippen molar-refractivity contribution in [2.45, 2.75) is 32.0 Å². The summed E-state index contributed by atoms with van der Waals surface area (Å²) < 4.78 is 0. The Labute approximate surface area is 154 Å². The van der Waals surface area contributed by atoms with Gasteiger partial charge in [-0.1, -0.05) is 12.1 Å². The van der Waals surface area contributed by atoms with Gasteiger partial charge in [0.05, 0.1) is 5.69 Å². The molecule has 2 atom stereocenters. The first-order chi connectivity index (χ1) is 12.8. The molecule has 3 aliphatic rings. The van der Waals surface area contributed by atoms with E-state index in [1.165, 1.54) is 54.6 Å². The number of hydrogen-bond donors (Lipinski definition) is 1. The Morgan fingerprint density at radius 3 is 2.92 bits per heavy atom. The molecule has 6 rings (SSSR count). The number of fused-ring (bicyclic) bond motifs is 5. The number of aromatic amines is 1. The lowest BCUT2D eigenvalue weighted by Crippen LogP contribution is -2.43. The van der Waals surface area contributed by atoms with Crippen LogP contribution in [0.1, 0.15) is 24.1 Å². The first-order valence-electron chi connectivity index (χ1n) is 9.76. The number of rotatable bonds is 4. The SMILES string of the molecule is c1ccc(CN2C[C@@H]3CC[C@H](C2)N(Cc2ccc4[nH]ccc4c2)C3)nc1. The van der Waals surface area contributed by atoms with Crippen LogP contribution >= 0.6 is 0 Å². The molecule has 5 heterocycles. The number of hydrogen-bond acceptors (Lipinski definition) is 3. The number of pyridine rings is 1. The zero-order valence-corrected chi connectivity index (χ0v) is 15.1. The van der Waals surface area contributed by atoms with Crippen LogP contribution in [0.3, 0.4) is 0 Å². The molecule has 4 nitrogen and oxygen atoms in total. The molecular formula is C22H26N4. The maximum Gasteiger partial charge on any atom is 0.0543 e. The van der Waals surface area contributed by atoms with Crippen molar-refractivity contribution in [1.29, 1.82) is 0 Å². The zero-order valence-electron chi connectivity index (χ0n) is 15.1. The van der Waals surface area contributed by atoms with Crippen molar-refractivity contribution in [3.05, 3.63) is 66.1 Å². The topological polar surface area (TPSA) is 35.2 Å². The second-order valence-corrected chi connectivity index (χ2v) is 7.94. The Morgan fingerprint density at radius 1 is 1.00 bits per heavy atom. The third-order valence-corrected chi connectivity index (χ3v) is 6.02. The van der Waals surface area contributed by atoms with Gasteiger partial charge in [-0.2, -0.15) is 0 Å². The maximum absolute atomic E-state index is 4.53. The number of nitrogens with one attached hydrogen (secondary N) is 1. The summed E-state index contributed by atoms with van der Waals surface area (Å²) in [6.07, 6.45) is 6.63. The van der Waals surface area contributed by atoms with E-state index in [9.17, 15) is 0 Å². The van der Waals surface area contributed by atoms with Crippen molar-refractivity contribution in [1.82, 2.24) is 19.8 Å². The third-order valence-electron chi connectivity index (χ3n) is 6.02. The molecule has 2 bridgehead atoms. The first-order valence-corrected chi connectivity index (χ1v) is 9.76. The largest absolute Gasteiger partial charge is 0.361 e. The van der Waals surface area contributed by atoms with E-state index in [0.29, 0.717) is 6.04 Å². The number of piperidine rings is 1. The molecule has 2 aromatic heterocycles. The molecule has 0 spiro atoms. The molecule has 3 fully saturated rings. The van der Waals surface area contributed by atoms with Crippen LogP contribution in [0.25, 0.3) is 10.9 Å². The van der Waals surface area contributed by atoms with E-state index in [1.54, 1.807) is 0 Å². The van der Waals surface area contributed by atoms with Crippen LogP contribution in [0.4, 0.5) is 0 Å². The van der Waals surface area contributed by atoms with E-state index in [4.69, 9.17) is 0 Å². The van der Waals surface area contributed by atoms with E-state index in [0.717, 1.165) is 19.0 Å². The Balaban J connectivity index is 1.30. The van der Waals surface area contributed by atoms with Crippen molar-refractivity contribution in [3.8, 4) is 0 Å². The second-order valence-electron chi connectivity index (χ2n) is 7.94. The Morgan fingerprint density at radius 2 is 2.00 bits per heavy atom. The van der Waals surface area contributed by atoms with E-state index < -0.39 is 0 Å². The van der Waals surface area contributed by atoms with Crippen LogP contribution in [0, 0.1) is 5.92 Å². The minimum absolute atomic E-state index is 0.666. The average Bonchev–Trinajstić information content (AvgIpc) is 2.96. The van der Waals surface area contributed by atoms with Crippen molar-refractivity contribution in [2.75, 3.05) is 19.6 Å². The quantitative estimate of drug-likeness (QED) is 0.783. The smallest absolute Gasteiger partial charge is 0.0543 e. The number of H-pyrrole nitrogens is 1. The van der Waals surface area contributed by atoms with Crippen molar-refractivity contribution in [3.63, 3.8) is 0 Å². The molecule has 0 aliphatic carbocycles. The van der Waals surface area contributed by atoms with Gasteiger partial charge < -0.3 is 4.98 Å². The van der Waals surface area contributed by atoms with Crippen LogP contribution < -0.4 is 0 Å². The summed E-state index contributed by atoms with van der Waals surface area (Å²) in [5, 5.41) is 1.32. The molecule has 1 aromatic carbocycles. The van der Waals surface area contributed by atoms with Gasteiger partial charge in [-0.25, -0.2) is 0 Å². The molecule has 0 amide bonds. The fraction of sp³-hybridized carbons (Fsp3) is 0.409. The van der Waals surface area contributed by atoms with E-state index in [1.807, 2.05) is 18.5 Å². The molecule has 26 heavy (non-hydrogen) atoms. The standard InChI is InChI=1S/C22H26N4/c1-2-9-23-20(3-1)15-25-12-18-4-6-21(16-25)26(14-18)13-17-5-7-22-19(11-17)8-10-24-22/h1-3,5,7-11,18,21,24H,4,6,12-16H2/t18-,21+/m0/s1. The molecule has 134 valence electrons. The van der Waals surface area contributed by atoms with E-state index in [-0.39, 0.29) is 0 Å². The summed E-state index contributed by atoms with van der Waals surface area (Å²) in [6, 6.07) is 15.9. The van der Waals surface area contributed by atoms with Gasteiger partial charge >= 0.3 is 0 Å². The minimum Gasteiger partial charge on any atom is -0.361 e. The average molecular weight is 346 g/mol. The van der Waals surface area contributed by atoms with Crippen LogP contribution in [-0.4, -0.2) is 45.4 Å². The molecule has 0 radical (unpaired) electrons. The Bertz CT molecular complexity index is 872. The van der Waals surface area contributed by atoms with Crippen LogP contribution in [0.15, 0.2) is 54.9 Å². The highest BCUT2D eigenvalue weighted by Crippen LogP contribution is 2.30. The fourth-order valence-corrected chi connectivity index (χ4v) is 4.76. The molecule has 4 heteroatoms. The summed E-state index contributed by atoms with van der Waals surface area (Å²) in [6.45, 7) is 5.66. The number of nitrogens with zero attached hydrogens (tertiary/aromatic N) is 3. The van der Waals surface area contributed by atoms with Crippen molar-refractivity contribution >= 4 is 10.9 Å². The molecule has 3 aliphatic heterocycles. The van der Waals surface area contributed by atoms with Crippen molar-refractivity contribution < 1.29 is 0 Å². The Kier molecular flexibility index (Phi) is 4.23. The highest BCUT2D eigenvalue weighted by molar-refractivity contribution is 5.79. The van der Waals surface area contributed by atoms with Gasteiger partial charge in [-0.05, 0) is 60.0 Å². The minimum atomic E-state index is 0.666. The molecular weight excluding hydrogens is 320 g/mol. The predicted octanol–water partition coefficient (Wildman–Crippen LogP) is 3.66. The van der Waals surface area contributed by atoms with Gasteiger partial charge in [0.15, 0.2) is 0 Å². The summed E-state index contributed by atoms with van der Waals surface area (Å²) in [4.78, 5) is 13.2. The molecule has 0 saturated carbocycles. The predicted molar refractivity (Wildman–Crippen MR) is 105 cm³/mol. The van der Waals surface area contributed by atoms with E-state index >= 15 is 0 Å². The van der Waals surface area contributed by atoms with Gasteiger partial charge in [0.25, 0.3) is 0 Å². The monoisotopic (exact) mass is 346 g/mol. The molecule has 3 saturated heterocycles. The van der Waals surface area contributed by atoms with Gasteiger partial charge in [0.1, 0.15) is 0 Å². The van der Waals surface area contributed by atoms with Gasteiger partial charge in [0, 0.05) is 56.7 Å². The third kappa shape index (κ3) is 3.27. The first kappa shape index (κ1) is 16.0. The number of benzene rings is 1. The fourth-order valence-electron chi connectivity index (χ4n) is 4.76. The van der Waals surface area contributed by atoms with Crippen molar-refractivity contribution in [2.24, 2.45) is 5.92 Å². The lowest BCUT2D eigenvalue weighted by molar-refractivity contribution is 0.123. The lowest BCUT2D eigenvalue weighted by atomic mass is 9.94. The van der Waals surface area contributed by atoms with Gasteiger partial charge in [-0.3, -0.25) is 14.8 Å². The van der Waals surface area contributed by atoms with E-state index in [2.05, 4.69) is 56.2 Å². The molecule has 3 aromatic rings. The number of aromatic nitrogens is 2. The summed E-state index contributed by atoms with van der Waals surface area (Å²) in [7, 11) is 0. The lowest BCUT2D eigenvalue weighted by Gasteiger charge is -2.36. The van der Waals surface area contributed by atoms with Crippen LogP contribution in [-0.2, 0) is 13.1 Å². The summed E-state index contributed by atoms with van der Waals surface area (Å²) in [5.41, 5.74) is 3.85. The highest BCUT2D eigenvalue weighted by atomic mass is 15.3. The highest BCUT2D eigenvalue weighted by Gasteiger charge is 2.34. The van der Waals surface area contributed by atoms with Crippen LogP contribution in [0.5, 0.6) is 0 Å². The second kappa shape index (κ2) is 6.86. The normalized spacial score (nSPS) is 24.2. The molecule has 1 N–H and O–H groups in total. The van der Waals surface area contributed by atoms with Crippen LogP contribution in [0.2, 0.25) is 0 Å². The Hall–Kier alpha value is -2.17. The van der Waals surface area contributed by atoms with Gasteiger partial charge in [-0.15, -0.1) is 0 Å². The summed E-state index contributed by atoms with van der Waals surface area (Å²) >= 11 is 0. The summed E-state index contributed by atoms with van der Waals surface area (Å²) in [5.74, 6) is 0.786. The zero-order chi connectivity index (χ0) is 17.3. The molecule has 0 unspecified atom stereocenters. The van der Waals surface area contributed by atoms with Gasteiger partial charge in [0.2, 0.25) is 0 Å². The maximum atomic E-state index is 4.53.